The number of carbonyl (C=O) groups is 5. The third-order valence-corrected chi connectivity index (χ3v) is 25.8. The third-order valence-electron chi connectivity index (χ3n) is 20.1. The lowest BCUT2D eigenvalue weighted by Crippen LogP contribution is -2.12. The molecular formula is C96H95N23O11S6. The maximum Gasteiger partial charge on any atom is 0.335 e. The predicted octanol–water partition coefficient (Wildman–Crippen LogP) is 22.0. The van der Waals surface area contributed by atoms with Crippen LogP contribution in [0.1, 0.15) is 146 Å². The number of benzene rings is 10. The van der Waals surface area contributed by atoms with Gasteiger partial charge in [0.25, 0.3) is 0 Å². The van der Waals surface area contributed by atoms with Crippen LogP contribution in [0.15, 0.2) is 158 Å². The molecule has 20 aromatic rings. The Bertz CT molecular complexity index is 7750. The SMILES string of the molecule is CC(=O)Nc1nc2c(ccc3sc(Nc4cc(C(N)=O)ccc4OC(C)C)nc32)[nH]1.CC(C)Cc1ccc(C(N)=O)cc1Nc1nc2c(ccc3[nH]c(CO)nc32)s1.Cc1nc2c(ccc3sc(Nc4cc(C(=O)O)ccc4OC(C)C)nc32)[nH]1.Cc1nc2c(ccc3sc(Nc4cc(C(N)=O)ccc4OC(C)C)nc32)[nH]1.Cc1nc2ccc3sc(Nc4ccccc4OC(C)C)nc3c2s1. The molecule has 40 heteroatoms. The van der Waals surface area contributed by atoms with E-state index >= 15 is 0 Å². The second-order valence-electron chi connectivity index (χ2n) is 32.9. The molecule has 136 heavy (non-hydrogen) atoms. The molecule has 0 saturated carbocycles. The van der Waals surface area contributed by atoms with Crippen LogP contribution in [-0.2, 0) is 17.8 Å². The molecule has 0 saturated heterocycles. The van der Waals surface area contributed by atoms with Gasteiger partial charge < -0.3 is 92.9 Å². The molecule has 0 radical (unpaired) electrons. The number of aromatic carboxylic acids is 1. The second-order valence-corrected chi connectivity index (χ2v) is 39.2. The molecule has 20 rings (SSSR count). The van der Waals surface area contributed by atoms with Crippen molar-refractivity contribution >= 4 is 263 Å². The quantitative estimate of drug-likeness (QED) is 0.0239. The number of H-pyrrole nitrogens is 4. The molecular weight excluding hydrogens is 1840 g/mol. The van der Waals surface area contributed by atoms with Crippen LogP contribution in [0.2, 0.25) is 0 Å². The third kappa shape index (κ3) is 21.9. The predicted molar refractivity (Wildman–Crippen MR) is 547 cm³/mol. The first-order chi connectivity index (χ1) is 65.1. The Labute approximate surface area is 800 Å². The van der Waals surface area contributed by atoms with Gasteiger partial charge in [-0.1, -0.05) is 88.7 Å². The fourth-order valence-corrected chi connectivity index (χ4v) is 19.9. The number of hydrogen-bond acceptors (Lipinski definition) is 31. The largest absolute Gasteiger partial charge is 0.489 e. The van der Waals surface area contributed by atoms with E-state index < -0.39 is 23.7 Å². The minimum absolute atomic E-state index is 0.00741. The first-order valence-corrected chi connectivity index (χ1v) is 48.0. The summed E-state index contributed by atoms with van der Waals surface area (Å²) in [4.78, 5) is 116. The van der Waals surface area contributed by atoms with Crippen LogP contribution < -0.4 is 68.0 Å². The highest BCUT2D eigenvalue weighted by atomic mass is 32.1. The van der Waals surface area contributed by atoms with Crippen molar-refractivity contribution in [2.45, 2.75) is 134 Å². The average molecular weight is 1940 g/mol. The molecule has 10 aromatic carbocycles. The number of carboxylic acid groups (broad SMARTS) is 1. The Kier molecular flexibility index (Phi) is 28.0. The molecule has 0 unspecified atom stereocenters. The minimum Gasteiger partial charge on any atom is -0.489 e. The maximum absolute atomic E-state index is 11.6. The van der Waals surface area contributed by atoms with Gasteiger partial charge in [0.05, 0.1) is 114 Å². The summed E-state index contributed by atoms with van der Waals surface area (Å²) in [5.41, 5.74) is 34.1. The first kappa shape index (κ1) is 94.1. The van der Waals surface area contributed by atoms with Crippen LogP contribution in [-0.4, -0.2) is 134 Å². The summed E-state index contributed by atoms with van der Waals surface area (Å²) in [5.74, 6) is 2.99. The Balaban J connectivity index is 0.000000123. The number of aryl methyl sites for hydroxylation is 3. The molecule has 696 valence electrons. The smallest absolute Gasteiger partial charge is 0.335 e. The summed E-state index contributed by atoms with van der Waals surface area (Å²) in [7, 11) is 0. The van der Waals surface area contributed by atoms with Crippen molar-refractivity contribution < 1.29 is 53.1 Å². The normalized spacial score (nSPS) is 11.4. The molecule has 0 aliphatic heterocycles. The molecule has 0 bridgehead atoms. The number of fused-ring (bicyclic) bond motifs is 15. The zero-order valence-electron chi connectivity index (χ0n) is 76.0. The van der Waals surface area contributed by atoms with E-state index in [1.165, 1.54) is 58.3 Å². The van der Waals surface area contributed by atoms with Crippen LogP contribution in [0, 0.1) is 26.7 Å². The zero-order valence-corrected chi connectivity index (χ0v) is 80.9. The van der Waals surface area contributed by atoms with Gasteiger partial charge in [0.15, 0.2) is 25.7 Å². The molecule has 0 spiro atoms. The number of hydrogen-bond donors (Lipinski definition) is 15. The van der Waals surface area contributed by atoms with Gasteiger partial charge in [-0.05, 0) is 234 Å². The fraction of sp³-hybridized carbons (Fsp3) is 0.219. The molecule has 0 fully saturated rings. The highest BCUT2D eigenvalue weighted by Crippen LogP contribution is 2.43. The molecule has 10 heterocycles. The van der Waals surface area contributed by atoms with E-state index in [0.29, 0.717) is 100 Å². The number of aliphatic hydroxyl groups is 1. The van der Waals surface area contributed by atoms with E-state index in [-0.39, 0.29) is 42.5 Å². The van der Waals surface area contributed by atoms with E-state index in [1.54, 1.807) is 83.3 Å². The van der Waals surface area contributed by atoms with Crippen molar-refractivity contribution in [2.24, 2.45) is 23.1 Å². The Hall–Kier alpha value is -15.1. The molecule has 4 amide bonds. The van der Waals surface area contributed by atoms with E-state index in [2.05, 4.69) is 113 Å². The van der Waals surface area contributed by atoms with E-state index in [1.807, 2.05) is 155 Å². The number of nitrogens with zero attached hydrogens (tertiary/aromatic N) is 10. The van der Waals surface area contributed by atoms with Crippen LogP contribution in [0.4, 0.5) is 60.0 Å². The number of anilines is 11. The number of carboxylic acids is 1. The average Bonchev–Trinajstić information content (AvgIpc) is 1.64. The maximum atomic E-state index is 11.6. The Morgan fingerprint density at radius 2 is 0.735 bits per heavy atom. The summed E-state index contributed by atoms with van der Waals surface area (Å²) in [5, 5.41) is 42.3. The number of imidazole rings is 4. The lowest BCUT2D eigenvalue weighted by atomic mass is 9.99. The summed E-state index contributed by atoms with van der Waals surface area (Å²) < 4.78 is 29.6. The van der Waals surface area contributed by atoms with Gasteiger partial charge in [0, 0.05) is 29.3 Å². The molecule has 18 N–H and O–H groups in total. The Morgan fingerprint density at radius 1 is 0.375 bits per heavy atom. The highest BCUT2D eigenvalue weighted by molar-refractivity contribution is 7.25. The van der Waals surface area contributed by atoms with Crippen LogP contribution >= 0.6 is 68.0 Å². The van der Waals surface area contributed by atoms with Gasteiger partial charge in [-0.3, -0.25) is 24.5 Å². The summed E-state index contributed by atoms with van der Waals surface area (Å²) >= 11 is 9.28. The Morgan fingerprint density at radius 3 is 1.16 bits per heavy atom. The van der Waals surface area contributed by atoms with Gasteiger partial charge in [-0.15, -0.1) is 11.3 Å². The number of thiazole rings is 6. The van der Waals surface area contributed by atoms with Crippen molar-refractivity contribution in [2.75, 3.05) is 31.9 Å². The monoisotopic (exact) mass is 1940 g/mol. The van der Waals surface area contributed by atoms with Crippen molar-refractivity contribution in [1.82, 2.24) is 69.8 Å². The van der Waals surface area contributed by atoms with Crippen molar-refractivity contribution in [3.05, 3.63) is 208 Å². The molecule has 34 nitrogen and oxygen atoms in total. The number of amides is 4. The van der Waals surface area contributed by atoms with Gasteiger partial charge >= 0.3 is 5.97 Å². The number of carbonyl (C=O) groups excluding carboxylic acids is 4. The van der Waals surface area contributed by atoms with Gasteiger partial charge in [0.2, 0.25) is 29.6 Å². The van der Waals surface area contributed by atoms with Gasteiger partial charge in [-0.2, -0.15) is 0 Å². The number of ether oxygens (including phenoxy) is 4. The van der Waals surface area contributed by atoms with Crippen molar-refractivity contribution in [1.29, 1.82) is 0 Å². The standard InChI is InChI=1S/C20H20N6O3S.C20H21N5O2S.C19H19N5O2S.C19H18N4O3S.C18H17N3OS2/c1-9(2)29-14-6-4-11(18(21)28)8-13(14)24-20-26-17-15(30-20)7-5-12-16(17)25-19(23-12)22-10(3)27;1-10(2)7-11-3-4-12(19(21)27)8-14(11)23-20-25-18-15(28-20)6-5-13-17(18)24-16(9-26)22-13;1-9(2)26-14-6-4-11(18(20)25)8-13(14)23-19-24-17-15(27-19)7-5-12-16(17)22-10(3)21-12;1-9(2)26-14-6-4-11(18(24)25)8-13(14)22-19-23-17-15(27-19)7-5-12-16(17)21-10(3)20-12;1-10(2)22-14-7-5-4-6-12(14)20-18-21-16-15(24-18)9-8-13-17(16)23-11(3)19-13/h4-9H,1-3H3,(H2,21,28)(H,24,26)(H2,22,23,25,27);3-6,8,10,26H,7,9H2,1-2H3,(H2,21,27)(H,22,24)(H,23,25);4-9H,1-3H3,(H2,20,25)(H,21,22)(H,23,24);4-9H,1-3H3,(H,20,21)(H,22,23)(H,24,25);4-10H,1-3H3,(H,20,21). The van der Waals surface area contributed by atoms with E-state index in [4.69, 9.17) is 51.1 Å². The number of rotatable bonds is 26. The molecule has 10 aromatic heterocycles. The molecule has 0 aliphatic rings. The van der Waals surface area contributed by atoms with Gasteiger partial charge in [0.1, 0.15) is 96.7 Å². The van der Waals surface area contributed by atoms with Crippen molar-refractivity contribution in [3.63, 3.8) is 0 Å². The lowest BCUT2D eigenvalue weighted by Gasteiger charge is -2.15. The summed E-state index contributed by atoms with van der Waals surface area (Å²) in [6.07, 6.45) is 0.907. The second kappa shape index (κ2) is 40.4. The zero-order chi connectivity index (χ0) is 96.2. The number of nitrogens with two attached hydrogens (primary N) is 3. The highest BCUT2D eigenvalue weighted by Gasteiger charge is 2.23. The van der Waals surface area contributed by atoms with Crippen LogP contribution in [0.25, 0.3) is 105 Å². The van der Waals surface area contributed by atoms with E-state index in [0.717, 1.165) is 145 Å². The molecule has 0 aliphatic carbocycles. The molecule has 0 atom stereocenters. The van der Waals surface area contributed by atoms with E-state index in [9.17, 15) is 34.2 Å². The number of aliphatic hydroxyl groups excluding tert-OH is 1. The number of aromatic amines is 4. The number of primary amides is 3. The number of nitrogens with one attached hydrogen (secondary N) is 10. The van der Waals surface area contributed by atoms with Gasteiger partial charge in [-0.25, -0.2) is 54.6 Å². The van der Waals surface area contributed by atoms with Crippen molar-refractivity contribution in [3.8, 4) is 23.0 Å². The summed E-state index contributed by atoms with van der Waals surface area (Å²) in [6.45, 7) is 27.0. The number of para-hydroxylation sites is 2. The summed E-state index contributed by atoms with van der Waals surface area (Å²) in [6, 6.07) is 48.1. The fourth-order valence-electron chi connectivity index (χ4n) is 14.6. The number of aromatic nitrogens is 14. The lowest BCUT2D eigenvalue weighted by molar-refractivity contribution is -0.114. The van der Waals surface area contributed by atoms with Crippen LogP contribution in [0.5, 0.6) is 23.0 Å². The first-order valence-electron chi connectivity index (χ1n) is 43.1. The topological polar surface area (TPSA) is 505 Å². The van der Waals surface area contributed by atoms with Crippen LogP contribution in [0.3, 0.4) is 0 Å². The minimum atomic E-state index is -0.993.